The number of aliphatic hydroxyl groups excluding tert-OH is 2. The summed E-state index contributed by atoms with van der Waals surface area (Å²) in [7, 11) is 0. The summed E-state index contributed by atoms with van der Waals surface area (Å²) >= 11 is 0. The molecule has 0 aromatic heterocycles. The topological polar surface area (TPSA) is 52.9 Å². The molecule has 0 aliphatic carbocycles. The number of ether oxygens (including phenoxy) is 1. The van der Waals surface area contributed by atoms with Gasteiger partial charge < -0.3 is 14.9 Å². The van der Waals surface area contributed by atoms with Crippen LogP contribution in [0.25, 0.3) is 0 Å². The van der Waals surface area contributed by atoms with Gasteiger partial charge in [-0.2, -0.15) is 0 Å². The van der Waals surface area contributed by atoms with Crippen molar-refractivity contribution in [2.24, 2.45) is 0 Å². The smallest absolute Gasteiger partial charge is 0.0948 e. The Morgan fingerprint density at radius 1 is 1.12 bits per heavy atom. The number of hydrogen-bond donors (Lipinski definition) is 2. The average Bonchev–Trinajstić information content (AvgIpc) is 2.26. The summed E-state index contributed by atoms with van der Waals surface area (Å²) < 4.78 is 5.31. The van der Waals surface area contributed by atoms with Crippen LogP contribution in [0.1, 0.15) is 34.1 Å². The molecular weight excluding hydrogens is 206 g/mol. The Labute approximate surface area is 99.2 Å². The van der Waals surface area contributed by atoms with Crippen molar-refractivity contribution in [3.8, 4) is 0 Å². The predicted octanol–water partition coefficient (Wildman–Crippen LogP) is 0.865. The SMILES string of the molecule is CCCN(CCOCC)[C@H](C)[C@@H](O)[C@@H](C)O. The molecule has 0 amide bonds. The van der Waals surface area contributed by atoms with Crippen molar-refractivity contribution in [3.05, 3.63) is 0 Å². The second-order valence-corrected chi connectivity index (χ2v) is 4.20. The summed E-state index contributed by atoms with van der Waals surface area (Å²) in [5, 5.41) is 19.2. The quantitative estimate of drug-likeness (QED) is 0.580. The second-order valence-electron chi connectivity index (χ2n) is 4.20. The molecule has 16 heavy (non-hydrogen) atoms. The zero-order valence-electron chi connectivity index (χ0n) is 11.0. The van der Waals surface area contributed by atoms with E-state index in [1.54, 1.807) is 6.92 Å². The first-order chi connectivity index (χ1) is 7.54. The van der Waals surface area contributed by atoms with E-state index in [4.69, 9.17) is 4.74 Å². The van der Waals surface area contributed by atoms with Crippen molar-refractivity contribution in [2.75, 3.05) is 26.3 Å². The van der Waals surface area contributed by atoms with Gasteiger partial charge in [0.2, 0.25) is 0 Å². The number of rotatable bonds is 9. The van der Waals surface area contributed by atoms with Crippen molar-refractivity contribution in [3.63, 3.8) is 0 Å². The van der Waals surface area contributed by atoms with Gasteiger partial charge in [0.15, 0.2) is 0 Å². The lowest BCUT2D eigenvalue weighted by Gasteiger charge is -2.33. The van der Waals surface area contributed by atoms with Crippen LogP contribution in [-0.2, 0) is 4.74 Å². The highest BCUT2D eigenvalue weighted by Gasteiger charge is 2.24. The van der Waals surface area contributed by atoms with E-state index in [0.717, 1.165) is 19.5 Å². The van der Waals surface area contributed by atoms with Gasteiger partial charge in [0, 0.05) is 19.2 Å². The van der Waals surface area contributed by atoms with E-state index in [-0.39, 0.29) is 6.04 Å². The van der Waals surface area contributed by atoms with Crippen LogP contribution in [-0.4, -0.2) is 59.7 Å². The highest BCUT2D eigenvalue weighted by molar-refractivity contribution is 4.78. The fraction of sp³-hybridized carbons (Fsp3) is 1.00. The van der Waals surface area contributed by atoms with E-state index in [2.05, 4.69) is 11.8 Å². The largest absolute Gasteiger partial charge is 0.391 e. The minimum absolute atomic E-state index is 0.0413. The van der Waals surface area contributed by atoms with Gasteiger partial charge in [-0.1, -0.05) is 6.92 Å². The normalized spacial score (nSPS) is 17.4. The van der Waals surface area contributed by atoms with Crippen molar-refractivity contribution in [1.29, 1.82) is 0 Å². The summed E-state index contributed by atoms with van der Waals surface area (Å²) in [4.78, 5) is 2.16. The number of nitrogens with zero attached hydrogens (tertiary/aromatic N) is 1. The summed E-state index contributed by atoms with van der Waals surface area (Å²) in [6.07, 6.45) is -0.363. The third kappa shape index (κ3) is 5.80. The lowest BCUT2D eigenvalue weighted by atomic mass is 10.1. The molecule has 4 nitrogen and oxygen atoms in total. The summed E-state index contributed by atoms with van der Waals surface area (Å²) in [5.41, 5.74) is 0. The van der Waals surface area contributed by atoms with Crippen molar-refractivity contribution >= 4 is 0 Å². The monoisotopic (exact) mass is 233 g/mol. The minimum Gasteiger partial charge on any atom is -0.391 e. The van der Waals surface area contributed by atoms with E-state index in [1.807, 2.05) is 13.8 Å². The van der Waals surface area contributed by atoms with Gasteiger partial charge in [-0.25, -0.2) is 0 Å². The molecule has 0 fully saturated rings. The van der Waals surface area contributed by atoms with Crippen LogP contribution in [0.4, 0.5) is 0 Å². The zero-order chi connectivity index (χ0) is 12.6. The van der Waals surface area contributed by atoms with Crippen LogP contribution in [0.15, 0.2) is 0 Å². The second kappa shape index (κ2) is 8.93. The predicted molar refractivity (Wildman–Crippen MR) is 65.5 cm³/mol. The third-order valence-corrected chi connectivity index (χ3v) is 2.80. The van der Waals surface area contributed by atoms with Gasteiger partial charge >= 0.3 is 0 Å². The van der Waals surface area contributed by atoms with Crippen LogP contribution in [0.3, 0.4) is 0 Å². The van der Waals surface area contributed by atoms with Gasteiger partial charge in [-0.05, 0) is 33.7 Å². The molecule has 2 N–H and O–H groups in total. The molecule has 0 aromatic carbocycles. The molecule has 3 atom stereocenters. The Bertz CT molecular complexity index is 164. The fourth-order valence-electron chi connectivity index (χ4n) is 1.75. The molecule has 98 valence electrons. The molecule has 0 aliphatic rings. The van der Waals surface area contributed by atoms with Crippen LogP contribution >= 0.6 is 0 Å². The highest BCUT2D eigenvalue weighted by Crippen LogP contribution is 2.08. The van der Waals surface area contributed by atoms with Gasteiger partial charge in [0.1, 0.15) is 0 Å². The first-order valence-electron chi connectivity index (χ1n) is 6.22. The summed E-state index contributed by atoms with van der Waals surface area (Å²) in [5.74, 6) is 0. The molecule has 4 heteroatoms. The Kier molecular flexibility index (Phi) is 8.84. The molecule has 0 radical (unpaired) electrons. The Balaban J connectivity index is 4.16. The van der Waals surface area contributed by atoms with Gasteiger partial charge in [0.05, 0.1) is 18.8 Å². The van der Waals surface area contributed by atoms with Crippen LogP contribution in [0.2, 0.25) is 0 Å². The van der Waals surface area contributed by atoms with Gasteiger partial charge in [-0.15, -0.1) is 0 Å². The molecule has 0 bridgehead atoms. The lowest BCUT2D eigenvalue weighted by Crippen LogP contribution is -2.47. The van der Waals surface area contributed by atoms with E-state index in [9.17, 15) is 10.2 Å². The van der Waals surface area contributed by atoms with E-state index in [0.29, 0.717) is 13.2 Å². The molecule has 0 aliphatic heterocycles. The molecular formula is C12H27NO3. The van der Waals surface area contributed by atoms with Crippen molar-refractivity contribution < 1.29 is 14.9 Å². The first kappa shape index (κ1) is 15.8. The fourth-order valence-corrected chi connectivity index (χ4v) is 1.75. The van der Waals surface area contributed by atoms with Crippen LogP contribution < -0.4 is 0 Å². The molecule has 0 saturated heterocycles. The molecule has 0 heterocycles. The van der Waals surface area contributed by atoms with Gasteiger partial charge in [-0.3, -0.25) is 4.90 Å². The maximum Gasteiger partial charge on any atom is 0.0948 e. The zero-order valence-corrected chi connectivity index (χ0v) is 11.0. The Morgan fingerprint density at radius 2 is 1.75 bits per heavy atom. The summed E-state index contributed by atoms with van der Waals surface area (Å²) in [6.45, 7) is 10.7. The standard InChI is InChI=1S/C12H27NO3/c1-5-7-13(8-9-16-6-2)10(3)12(15)11(4)14/h10-12,14-15H,5-9H2,1-4H3/t10-,11-,12-/m1/s1. The highest BCUT2D eigenvalue weighted by atomic mass is 16.5. The van der Waals surface area contributed by atoms with Crippen LogP contribution in [0.5, 0.6) is 0 Å². The van der Waals surface area contributed by atoms with Gasteiger partial charge in [0.25, 0.3) is 0 Å². The van der Waals surface area contributed by atoms with E-state index in [1.165, 1.54) is 0 Å². The number of aliphatic hydroxyl groups is 2. The minimum atomic E-state index is -0.701. The maximum atomic E-state index is 9.82. The van der Waals surface area contributed by atoms with Crippen molar-refractivity contribution in [1.82, 2.24) is 4.90 Å². The average molecular weight is 233 g/mol. The van der Waals surface area contributed by atoms with E-state index >= 15 is 0 Å². The molecule has 0 aromatic rings. The third-order valence-electron chi connectivity index (χ3n) is 2.80. The molecule has 0 rings (SSSR count). The van der Waals surface area contributed by atoms with Crippen molar-refractivity contribution in [2.45, 2.75) is 52.4 Å². The summed E-state index contributed by atoms with van der Waals surface area (Å²) in [6, 6.07) is -0.0413. The van der Waals surface area contributed by atoms with Crippen LogP contribution in [0, 0.1) is 0 Å². The molecule has 0 unspecified atom stereocenters. The lowest BCUT2D eigenvalue weighted by molar-refractivity contribution is -0.0308. The maximum absolute atomic E-state index is 9.82. The van der Waals surface area contributed by atoms with E-state index < -0.39 is 12.2 Å². The Morgan fingerprint density at radius 3 is 2.19 bits per heavy atom. The molecule has 0 saturated carbocycles. The molecule has 0 spiro atoms. The Hall–Kier alpha value is -0.160. The first-order valence-corrected chi connectivity index (χ1v) is 6.22. The number of hydrogen-bond acceptors (Lipinski definition) is 4.